The van der Waals surface area contributed by atoms with E-state index in [0.29, 0.717) is 17.8 Å². The van der Waals surface area contributed by atoms with Gasteiger partial charge in [0.15, 0.2) is 0 Å². The van der Waals surface area contributed by atoms with E-state index in [1.54, 1.807) is 10.8 Å². The first-order valence-corrected chi connectivity index (χ1v) is 7.27. The van der Waals surface area contributed by atoms with Gasteiger partial charge in [-0.25, -0.2) is 9.48 Å². The van der Waals surface area contributed by atoms with Crippen LogP contribution in [0.1, 0.15) is 37.5 Å². The van der Waals surface area contributed by atoms with Gasteiger partial charge in [0.05, 0.1) is 18.3 Å². The molecular weight excluding hydrogens is 234 g/mol. The quantitative estimate of drug-likeness (QED) is 0.754. The van der Waals surface area contributed by atoms with Crippen LogP contribution in [0.5, 0.6) is 0 Å². The first-order chi connectivity index (χ1) is 8.31. The van der Waals surface area contributed by atoms with Crippen molar-refractivity contribution in [3.8, 4) is 0 Å². The molecule has 1 aromatic heterocycles. The molecule has 0 spiro atoms. The third-order valence-electron chi connectivity index (χ3n) is 3.67. The summed E-state index contributed by atoms with van der Waals surface area (Å²) in [5, 5.41) is 5.03. The predicted octanol–water partition coefficient (Wildman–Crippen LogP) is 1.96. The second-order valence-corrected chi connectivity index (χ2v) is 5.97. The van der Waals surface area contributed by atoms with E-state index in [0.717, 1.165) is 18.0 Å². The summed E-state index contributed by atoms with van der Waals surface area (Å²) in [5.74, 6) is 1.82. The minimum absolute atomic E-state index is 0.0529. The molecule has 2 aliphatic rings. The van der Waals surface area contributed by atoms with Crippen LogP contribution in [0.15, 0.2) is 17.4 Å². The molecule has 0 radical (unpaired) electrons. The van der Waals surface area contributed by atoms with Crippen LogP contribution in [0.25, 0.3) is 0 Å². The van der Waals surface area contributed by atoms with E-state index in [2.05, 4.69) is 11.7 Å². The van der Waals surface area contributed by atoms with Gasteiger partial charge in [0.2, 0.25) is 0 Å². The Hall–Kier alpha value is -0.970. The molecule has 5 heteroatoms. The maximum Gasteiger partial charge on any atom is 0.346 e. The Morgan fingerprint density at radius 1 is 1.47 bits per heavy atom. The molecule has 4 nitrogen and oxygen atoms in total. The van der Waals surface area contributed by atoms with Gasteiger partial charge in [-0.05, 0) is 12.8 Å². The second-order valence-electron chi connectivity index (χ2n) is 4.74. The smallest absolute Gasteiger partial charge is 0.274 e. The third kappa shape index (κ3) is 1.76. The molecule has 1 saturated carbocycles. The highest BCUT2D eigenvalue weighted by Gasteiger charge is 2.34. The van der Waals surface area contributed by atoms with Gasteiger partial charge in [-0.3, -0.25) is 4.57 Å². The molecule has 2 heterocycles. The number of allylic oxidation sites excluding steroid dienone is 1. The standard InChI is InChI=1S/C12H17N3OS/c1-2-7-14-12(16)15-9-5-3-4-6-10(9)17-8-11(15)13-14/h2,9-10H,1,3-8H2. The van der Waals surface area contributed by atoms with Crippen LogP contribution in [0, 0.1) is 0 Å². The highest BCUT2D eigenvalue weighted by Crippen LogP contribution is 2.41. The minimum atomic E-state index is 0.0529. The molecule has 2 atom stereocenters. The Morgan fingerprint density at radius 2 is 2.29 bits per heavy atom. The maximum absolute atomic E-state index is 12.3. The van der Waals surface area contributed by atoms with Crippen molar-refractivity contribution >= 4 is 11.8 Å². The molecule has 1 fully saturated rings. The van der Waals surface area contributed by atoms with Gasteiger partial charge >= 0.3 is 5.69 Å². The van der Waals surface area contributed by atoms with E-state index in [1.165, 1.54) is 19.3 Å². The van der Waals surface area contributed by atoms with Gasteiger partial charge in [0.25, 0.3) is 0 Å². The zero-order valence-corrected chi connectivity index (χ0v) is 10.7. The van der Waals surface area contributed by atoms with E-state index in [1.807, 2.05) is 16.3 Å². The number of fused-ring (bicyclic) bond motifs is 3. The van der Waals surface area contributed by atoms with E-state index in [4.69, 9.17) is 0 Å². The Balaban J connectivity index is 2.03. The first-order valence-electron chi connectivity index (χ1n) is 6.22. The van der Waals surface area contributed by atoms with Crippen molar-refractivity contribution in [2.75, 3.05) is 0 Å². The molecule has 0 aromatic carbocycles. The SMILES string of the molecule is C=CCn1nc2n(c1=O)C1CCCCC1SC2. The summed E-state index contributed by atoms with van der Waals surface area (Å²) in [7, 11) is 0. The molecule has 92 valence electrons. The molecule has 1 aliphatic heterocycles. The number of hydrogen-bond acceptors (Lipinski definition) is 3. The van der Waals surface area contributed by atoms with Crippen LogP contribution in [-0.4, -0.2) is 19.6 Å². The zero-order chi connectivity index (χ0) is 11.8. The van der Waals surface area contributed by atoms with Crippen LogP contribution in [-0.2, 0) is 12.3 Å². The molecule has 0 saturated heterocycles. The predicted molar refractivity (Wildman–Crippen MR) is 69.3 cm³/mol. The van der Waals surface area contributed by atoms with Crippen LogP contribution >= 0.6 is 11.8 Å². The Morgan fingerprint density at radius 3 is 3.12 bits per heavy atom. The average molecular weight is 251 g/mol. The highest BCUT2D eigenvalue weighted by atomic mass is 32.2. The molecule has 2 unspecified atom stereocenters. The summed E-state index contributed by atoms with van der Waals surface area (Å²) < 4.78 is 3.49. The lowest BCUT2D eigenvalue weighted by molar-refractivity contribution is 0.344. The van der Waals surface area contributed by atoms with Crippen molar-refractivity contribution in [2.45, 2.75) is 49.3 Å². The summed E-state index contributed by atoms with van der Waals surface area (Å²) in [4.78, 5) is 12.3. The van der Waals surface area contributed by atoms with E-state index in [-0.39, 0.29) is 5.69 Å². The Bertz CT molecular complexity index is 490. The molecule has 3 rings (SSSR count). The molecule has 0 bridgehead atoms. The van der Waals surface area contributed by atoms with Gasteiger partial charge in [-0.2, -0.15) is 5.10 Å². The van der Waals surface area contributed by atoms with E-state index in [9.17, 15) is 4.79 Å². The molecule has 0 amide bonds. The van der Waals surface area contributed by atoms with Crippen molar-refractivity contribution < 1.29 is 0 Å². The van der Waals surface area contributed by atoms with Crippen LogP contribution in [0.2, 0.25) is 0 Å². The number of hydrogen-bond donors (Lipinski definition) is 0. The summed E-state index contributed by atoms with van der Waals surface area (Å²) >= 11 is 1.97. The van der Waals surface area contributed by atoms with Crippen molar-refractivity contribution in [2.24, 2.45) is 0 Å². The summed E-state index contributed by atoms with van der Waals surface area (Å²) in [6, 6.07) is 0.378. The van der Waals surface area contributed by atoms with Crippen LogP contribution in [0.3, 0.4) is 0 Å². The number of nitrogens with zero attached hydrogens (tertiary/aromatic N) is 3. The Labute approximate surface area is 105 Å². The molecule has 1 aromatic rings. The summed E-state index contributed by atoms with van der Waals surface area (Å²) in [5.41, 5.74) is 0.0529. The summed E-state index contributed by atoms with van der Waals surface area (Å²) in [6.07, 6.45) is 6.64. The number of rotatable bonds is 2. The lowest BCUT2D eigenvalue weighted by atomic mass is 9.94. The first kappa shape index (κ1) is 11.1. The molecule has 0 N–H and O–H groups in total. The van der Waals surface area contributed by atoms with Gasteiger partial charge in [-0.1, -0.05) is 18.9 Å². The van der Waals surface area contributed by atoms with E-state index >= 15 is 0 Å². The lowest BCUT2D eigenvalue weighted by Crippen LogP contribution is -2.37. The van der Waals surface area contributed by atoms with Crippen LogP contribution < -0.4 is 5.69 Å². The van der Waals surface area contributed by atoms with Crippen molar-refractivity contribution in [1.29, 1.82) is 0 Å². The van der Waals surface area contributed by atoms with E-state index < -0.39 is 0 Å². The van der Waals surface area contributed by atoms with Gasteiger partial charge < -0.3 is 0 Å². The normalized spacial score (nSPS) is 27.3. The molecule has 1 aliphatic carbocycles. The van der Waals surface area contributed by atoms with Crippen molar-refractivity contribution in [3.05, 3.63) is 29.0 Å². The van der Waals surface area contributed by atoms with Gasteiger partial charge in [0, 0.05) is 5.25 Å². The fourth-order valence-corrected chi connectivity index (χ4v) is 4.26. The average Bonchev–Trinajstić information content (AvgIpc) is 2.67. The minimum Gasteiger partial charge on any atom is -0.274 e. The zero-order valence-electron chi connectivity index (χ0n) is 9.84. The fraction of sp³-hybridized carbons (Fsp3) is 0.667. The number of aromatic nitrogens is 3. The van der Waals surface area contributed by atoms with Gasteiger partial charge in [-0.15, -0.1) is 18.3 Å². The topological polar surface area (TPSA) is 39.8 Å². The van der Waals surface area contributed by atoms with Gasteiger partial charge in [0.1, 0.15) is 5.82 Å². The second kappa shape index (κ2) is 4.37. The van der Waals surface area contributed by atoms with Crippen molar-refractivity contribution in [3.63, 3.8) is 0 Å². The number of thioether (sulfide) groups is 1. The molecule has 17 heavy (non-hydrogen) atoms. The fourth-order valence-electron chi connectivity index (χ4n) is 2.89. The molecular formula is C12H17N3OS. The Kier molecular flexibility index (Phi) is 2.86. The third-order valence-corrected chi connectivity index (χ3v) is 5.07. The largest absolute Gasteiger partial charge is 0.346 e. The summed E-state index contributed by atoms with van der Waals surface area (Å²) in [6.45, 7) is 4.19. The lowest BCUT2D eigenvalue weighted by Gasteiger charge is -2.35. The monoisotopic (exact) mass is 251 g/mol. The van der Waals surface area contributed by atoms with Crippen LogP contribution in [0.4, 0.5) is 0 Å². The highest BCUT2D eigenvalue weighted by molar-refractivity contribution is 7.99. The maximum atomic E-state index is 12.3. The van der Waals surface area contributed by atoms with Crippen molar-refractivity contribution in [1.82, 2.24) is 14.3 Å².